The number of carbonyl (C=O) groups is 3. The molecule has 3 N–H and O–H groups in total. The van der Waals surface area contributed by atoms with E-state index in [2.05, 4.69) is 15.4 Å². The van der Waals surface area contributed by atoms with E-state index in [9.17, 15) is 14.4 Å². The monoisotopic (exact) mass is 199 g/mol. The number of ether oxygens (including phenoxy) is 1. The van der Waals surface area contributed by atoms with Crippen LogP contribution in [-0.2, 0) is 9.53 Å². The fourth-order valence-corrected chi connectivity index (χ4v) is 0.815. The maximum atomic E-state index is 10.9. The van der Waals surface area contributed by atoms with Crippen LogP contribution in [0.5, 0.6) is 0 Å². The van der Waals surface area contributed by atoms with Gasteiger partial charge in [-0.25, -0.2) is 14.4 Å². The van der Waals surface area contributed by atoms with Gasteiger partial charge in [0.05, 0.1) is 12.7 Å². The van der Waals surface area contributed by atoms with Crippen LogP contribution in [0.1, 0.15) is 6.92 Å². The summed E-state index contributed by atoms with van der Waals surface area (Å²) in [6, 6.07) is -1.38. The SMILES string of the molecule is CCOC(=O)C=C1NC(=O)NC(=O)N1. The van der Waals surface area contributed by atoms with Crippen LogP contribution in [0.2, 0.25) is 0 Å². The molecule has 0 saturated carbocycles. The van der Waals surface area contributed by atoms with Crippen LogP contribution < -0.4 is 16.0 Å². The summed E-state index contributed by atoms with van der Waals surface area (Å²) in [5.41, 5.74) is 0. The molecule has 0 aliphatic carbocycles. The van der Waals surface area contributed by atoms with E-state index in [4.69, 9.17) is 0 Å². The van der Waals surface area contributed by atoms with Crippen molar-refractivity contribution in [2.24, 2.45) is 0 Å². The molecule has 0 bridgehead atoms. The maximum absolute atomic E-state index is 10.9. The van der Waals surface area contributed by atoms with E-state index in [0.717, 1.165) is 6.08 Å². The highest BCUT2D eigenvalue weighted by Gasteiger charge is 2.17. The average molecular weight is 199 g/mol. The number of esters is 1. The first kappa shape index (κ1) is 10.0. The Labute approximate surface area is 79.5 Å². The second-order valence-electron chi connectivity index (χ2n) is 2.34. The fourth-order valence-electron chi connectivity index (χ4n) is 0.815. The summed E-state index contributed by atoms with van der Waals surface area (Å²) < 4.78 is 4.58. The summed E-state index contributed by atoms with van der Waals surface area (Å²) in [5.74, 6) is -0.637. The molecule has 0 spiro atoms. The van der Waals surface area contributed by atoms with E-state index < -0.39 is 18.0 Å². The number of amides is 4. The van der Waals surface area contributed by atoms with Crippen molar-refractivity contribution >= 4 is 18.0 Å². The summed E-state index contributed by atoms with van der Waals surface area (Å²) in [7, 11) is 0. The Balaban J connectivity index is 2.63. The molecule has 7 nitrogen and oxygen atoms in total. The minimum absolute atomic E-state index is 0.00259. The number of urea groups is 2. The minimum atomic E-state index is -0.690. The van der Waals surface area contributed by atoms with Gasteiger partial charge in [-0.2, -0.15) is 0 Å². The minimum Gasteiger partial charge on any atom is -0.463 e. The normalized spacial score (nSPS) is 15.1. The zero-order valence-electron chi connectivity index (χ0n) is 7.42. The molecule has 76 valence electrons. The molecule has 1 heterocycles. The first-order valence-corrected chi connectivity index (χ1v) is 3.89. The van der Waals surface area contributed by atoms with Gasteiger partial charge in [0.1, 0.15) is 5.82 Å². The van der Waals surface area contributed by atoms with E-state index in [1.54, 1.807) is 6.92 Å². The summed E-state index contributed by atoms with van der Waals surface area (Å²) in [5, 5.41) is 6.35. The van der Waals surface area contributed by atoms with Gasteiger partial charge in [-0.1, -0.05) is 0 Å². The zero-order chi connectivity index (χ0) is 10.6. The molecular weight excluding hydrogens is 190 g/mol. The number of nitrogens with one attached hydrogen (secondary N) is 3. The Morgan fingerprint density at radius 1 is 1.29 bits per heavy atom. The van der Waals surface area contributed by atoms with Crippen LogP contribution >= 0.6 is 0 Å². The smallest absolute Gasteiger partial charge is 0.334 e. The van der Waals surface area contributed by atoms with Crippen LogP contribution in [0, 0.1) is 0 Å². The third-order valence-electron chi connectivity index (χ3n) is 1.27. The molecule has 0 radical (unpaired) electrons. The highest BCUT2D eigenvalue weighted by atomic mass is 16.5. The lowest BCUT2D eigenvalue weighted by Gasteiger charge is -2.16. The zero-order valence-corrected chi connectivity index (χ0v) is 7.42. The molecule has 4 amide bonds. The molecule has 7 heteroatoms. The van der Waals surface area contributed by atoms with E-state index in [-0.39, 0.29) is 12.4 Å². The van der Waals surface area contributed by atoms with E-state index in [1.807, 2.05) is 5.32 Å². The molecule has 0 atom stereocenters. The van der Waals surface area contributed by atoms with Crippen LogP contribution in [0.15, 0.2) is 11.9 Å². The Kier molecular flexibility index (Phi) is 3.05. The van der Waals surface area contributed by atoms with Crippen molar-refractivity contribution in [1.29, 1.82) is 0 Å². The van der Waals surface area contributed by atoms with E-state index >= 15 is 0 Å². The number of rotatable bonds is 2. The van der Waals surface area contributed by atoms with Crippen molar-refractivity contribution in [3.05, 3.63) is 11.9 Å². The summed E-state index contributed by atoms with van der Waals surface area (Å²) >= 11 is 0. The lowest BCUT2D eigenvalue weighted by Crippen LogP contribution is -2.53. The van der Waals surface area contributed by atoms with Gasteiger partial charge in [0.15, 0.2) is 0 Å². The molecule has 14 heavy (non-hydrogen) atoms. The van der Waals surface area contributed by atoms with Crippen LogP contribution in [0.4, 0.5) is 9.59 Å². The lowest BCUT2D eigenvalue weighted by atomic mass is 10.5. The third kappa shape index (κ3) is 2.77. The van der Waals surface area contributed by atoms with Gasteiger partial charge < -0.3 is 4.74 Å². The highest BCUT2D eigenvalue weighted by Crippen LogP contribution is 1.91. The van der Waals surface area contributed by atoms with Crippen molar-refractivity contribution in [3.8, 4) is 0 Å². The summed E-state index contributed by atoms with van der Waals surface area (Å²) in [6.07, 6.45) is 0.986. The molecule has 1 aliphatic heterocycles. The van der Waals surface area contributed by atoms with Crippen molar-refractivity contribution in [1.82, 2.24) is 16.0 Å². The predicted molar refractivity (Wildman–Crippen MR) is 44.9 cm³/mol. The topological polar surface area (TPSA) is 96.5 Å². The van der Waals surface area contributed by atoms with Crippen molar-refractivity contribution in [2.75, 3.05) is 6.61 Å². The molecule has 1 rings (SSSR count). The molecule has 0 aromatic rings. The first-order chi connectivity index (χ1) is 6.61. The van der Waals surface area contributed by atoms with Gasteiger partial charge in [-0.15, -0.1) is 0 Å². The van der Waals surface area contributed by atoms with Crippen LogP contribution in [0.3, 0.4) is 0 Å². The third-order valence-corrected chi connectivity index (χ3v) is 1.27. The largest absolute Gasteiger partial charge is 0.463 e. The van der Waals surface area contributed by atoms with Crippen molar-refractivity contribution in [3.63, 3.8) is 0 Å². The average Bonchev–Trinajstić information content (AvgIpc) is 2.01. The van der Waals surface area contributed by atoms with Gasteiger partial charge in [0, 0.05) is 0 Å². The quantitative estimate of drug-likeness (QED) is 0.409. The number of hydrogen-bond donors (Lipinski definition) is 3. The molecule has 0 unspecified atom stereocenters. The van der Waals surface area contributed by atoms with Gasteiger partial charge in [0.25, 0.3) is 0 Å². The number of carbonyl (C=O) groups excluding carboxylic acids is 3. The first-order valence-electron chi connectivity index (χ1n) is 3.89. The standard InChI is InChI=1S/C7H9N3O4/c1-2-14-5(11)3-4-8-6(12)10-7(13)9-4/h3H,2H2,1H3,(H3,8,9,10,12,13). The van der Waals surface area contributed by atoms with E-state index in [1.165, 1.54) is 0 Å². The summed E-state index contributed by atoms with van der Waals surface area (Å²) in [6.45, 7) is 1.87. The Bertz CT molecular complexity index is 292. The molecule has 1 fully saturated rings. The van der Waals surface area contributed by atoms with Gasteiger partial charge in [-0.05, 0) is 6.92 Å². The lowest BCUT2D eigenvalue weighted by molar-refractivity contribution is -0.137. The summed E-state index contributed by atoms with van der Waals surface area (Å²) in [4.78, 5) is 32.4. The van der Waals surface area contributed by atoms with Crippen molar-refractivity contribution in [2.45, 2.75) is 6.92 Å². The van der Waals surface area contributed by atoms with Crippen LogP contribution in [-0.4, -0.2) is 24.6 Å². The van der Waals surface area contributed by atoms with Gasteiger partial charge >= 0.3 is 18.0 Å². The van der Waals surface area contributed by atoms with E-state index in [0.29, 0.717) is 0 Å². The van der Waals surface area contributed by atoms with Gasteiger partial charge in [0.2, 0.25) is 0 Å². The molecule has 1 saturated heterocycles. The second kappa shape index (κ2) is 4.26. The molecule has 0 aromatic heterocycles. The number of hydrogen-bond acceptors (Lipinski definition) is 4. The number of imide groups is 1. The van der Waals surface area contributed by atoms with Gasteiger partial charge in [-0.3, -0.25) is 16.0 Å². The Hall–Kier alpha value is -2.05. The Morgan fingerprint density at radius 2 is 1.86 bits per heavy atom. The molecular formula is C7H9N3O4. The van der Waals surface area contributed by atoms with Crippen LogP contribution in [0.25, 0.3) is 0 Å². The second-order valence-corrected chi connectivity index (χ2v) is 2.34. The van der Waals surface area contributed by atoms with Crippen molar-refractivity contribution < 1.29 is 19.1 Å². The molecule has 0 aromatic carbocycles. The highest BCUT2D eigenvalue weighted by molar-refractivity contribution is 5.99. The predicted octanol–water partition coefficient (Wildman–Crippen LogP) is -0.587. The maximum Gasteiger partial charge on any atom is 0.334 e. The molecule has 1 aliphatic rings. The Morgan fingerprint density at radius 3 is 2.36 bits per heavy atom. The fraction of sp³-hybridized carbons (Fsp3) is 0.286.